The number of nitrogens with zero attached hydrogens (tertiary/aromatic N) is 1. The summed E-state index contributed by atoms with van der Waals surface area (Å²) >= 11 is 0. The molecule has 1 aromatic carbocycles. The molecule has 0 fully saturated rings. The average Bonchev–Trinajstić information content (AvgIpc) is 2.86. The van der Waals surface area contributed by atoms with Crippen LogP contribution in [0.15, 0.2) is 48.8 Å². The Morgan fingerprint density at radius 3 is 2.89 bits per heavy atom. The van der Waals surface area contributed by atoms with Gasteiger partial charge in [-0.05, 0) is 24.3 Å². The molecule has 4 heteroatoms. The molecule has 0 aliphatic carbocycles. The van der Waals surface area contributed by atoms with Gasteiger partial charge in [0.25, 0.3) is 5.91 Å². The SMILES string of the molecule is NC(=O)c1cccnc1-c1cccc2[nH]ccc12. The lowest BCUT2D eigenvalue weighted by atomic mass is 10.0. The van der Waals surface area contributed by atoms with Crippen LogP contribution in [0.25, 0.3) is 22.2 Å². The van der Waals surface area contributed by atoms with E-state index in [-0.39, 0.29) is 0 Å². The van der Waals surface area contributed by atoms with Crippen LogP contribution in [-0.2, 0) is 0 Å². The van der Waals surface area contributed by atoms with E-state index in [9.17, 15) is 4.79 Å². The number of amides is 1. The summed E-state index contributed by atoms with van der Waals surface area (Å²) in [6, 6.07) is 11.2. The van der Waals surface area contributed by atoms with Gasteiger partial charge < -0.3 is 10.7 Å². The van der Waals surface area contributed by atoms with E-state index in [1.54, 1.807) is 18.3 Å². The van der Waals surface area contributed by atoms with Crippen molar-refractivity contribution in [2.45, 2.75) is 0 Å². The maximum Gasteiger partial charge on any atom is 0.250 e. The number of aromatic nitrogens is 2. The third kappa shape index (κ3) is 1.55. The third-order valence-corrected chi connectivity index (χ3v) is 2.92. The van der Waals surface area contributed by atoms with Crippen LogP contribution in [0, 0.1) is 0 Å². The summed E-state index contributed by atoms with van der Waals surface area (Å²) in [5.74, 6) is -0.467. The number of aromatic amines is 1. The van der Waals surface area contributed by atoms with Gasteiger partial charge in [0.1, 0.15) is 0 Å². The Labute approximate surface area is 103 Å². The Balaban J connectivity index is 2.33. The van der Waals surface area contributed by atoms with E-state index in [1.807, 2.05) is 30.5 Å². The van der Waals surface area contributed by atoms with Gasteiger partial charge in [-0.1, -0.05) is 12.1 Å². The quantitative estimate of drug-likeness (QED) is 0.718. The van der Waals surface area contributed by atoms with Gasteiger partial charge in [-0.25, -0.2) is 0 Å². The summed E-state index contributed by atoms with van der Waals surface area (Å²) in [6.07, 6.45) is 3.52. The molecule has 1 amide bonds. The molecule has 3 rings (SSSR count). The van der Waals surface area contributed by atoms with Crippen LogP contribution >= 0.6 is 0 Å². The number of pyridine rings is 1. The standard InChI is InChI=1S/C14H11N3O/c15-14(18)11-4-2-7-17-13(11)10-3-1-5-12-9(10)6-8-16-12/h1-8,16H,(H2,15,18). The second-order valence-electron chi connectivity index (χ2n) is 4.01. The molecule has 0 unspecified atom stereocenters. The van der Waals surface area contributed by atoms with Crippen molar-refractivity contribution in [3.63, 3.8) is 0 Å². The fourth-order valence-corrected chi connectivity index (χ4v) is 2.11. The van der Waals surface area contributed by atoms with Crippen molar-refractivity contribution in [3.05, 3.63) is 54.4 Å². The zero-order valence-electron chi connectivity index (χ0n) is 9.55. The second kappa shape index (κ2) is 4.00. The number of H-pyrrole nitrogens is 1. The predicted octanol–water partition coefficient (Wildman–Crippen LogP) is 2.33. The van der Waals surface area contributed by atoms with Crippen molar-refractivity contribution in [2.75, 3.05) is 0 Å². The molecular weight excluding hydrogens is 226 g/mol. The number of benzene rings is 1. The van der Waals surface area contributed by atoms with Crippen LogP contribution in [0.1, 0.15) is 10.4 Å². The maximum atomic E-state index is 11.4. The molecule has 0 aliphatic heterocycles. The normalized spacial score (nSPS) is 10.7. The van der Waals surface area contributed by atoms with E-state index in [0.717, 1.165) is 16.5 Å². The smallest absolute Gasteiger partial charge is 0.250 e. The largest absolute Gasteiger partial charge is 0.366 e. The van der Waals surface area contributed by atoms with Gasteiger partial charge in [0.2, 0.25) is 0 Å². The minimum Gasteiger partial charge on any atom is -0.366 e. The Bertz CT molecular complexity index is 730. The van der Waals surface area contributed by atoms with Gasteiger partial charge in [0.05, 0.1) is 11.3 Å². The van der Waals surface area contributed by atoms with Crippen LogP contribution in [0.4, 0.5) is 0 Å². The zero-order chi connectivity index (χ0) is 12.5. The topological polar surface area (TPSA) is 71.8 Å². The molecule has 0 bridgehead atoms. The van der Waals surface area contributed by atoms with E-state index in [4.69, 9.17) is 5.73 Å². The maximum absolute atomic E-state index is 11.4. The first-order chi connectivity index (χ1) is 8.77. The van der Waals surface area contributed by atoms with Crippen LogP contribution < -0.4 is 5.73 Å². The van der Waals surface area contributed by atoms with Crippen LogP contribution in [-0.4, -0.2) is 15.9 Å². The number of primary amides is 1. The fraction of sp³-hybridized carbons (Fsp3) is 0. The molecule has 18 heavy (non-hydrogen) atoms. The first kappa shape index (κ1) is 10.5. The molecule has 0 atom stereocenters. The predicted molar refractivity (Wildman–Crippen MR) is 70.0 cm³/mol. The first-order valence-corrected chi connectivity index (χ1v) is 5.58. The van der Waals surface area contributed by atoms with Crippen LogP contribution in [0.5, 0.6) is 0 Å². The number of hydrogen-bond donors (Lipinski definition) is 2. The lowest BCUT2D eigenvalue weighted by Crippen LogP contribution is -2.13. The molecular formula is C14H11N3O. The number of nitrogens with one attached hydrogen (secondary N) is 1. The fourth-order valence-electron chi connectivity index (χ4n) is 2.11. The third-order valence-electron chi connectivity index (χ3n) is 2.92. The van der Waals surface area contributed by atoms with E-state index in [1.165, 1.54) is 0 Å². The molecule has 0 saturated heterocycles. The molecule has 0 saturated carbocycles. The highest BCUT2D eigenvalue weighted by Crippen LogP contribution is 2.28. The Hall–Kier alpha value is -2.62. The van der Waals surface area contributed by atoms with Crippen molar-refractivity contribution in [3.8, 4) is 11.3 Å². The summed E-state index contributed by atoms with van der Waals surface area (Å²) in [6.45, 7) is 0. The van der Waals surface area contributed by atoms with Gasteiger partial charge in [-0.15, -0.1) is 0 Å². The number of carbonyl (C=O) groups excluding carboxylic acids is 1. The summed E-state index contributed by atoms with van der Waals surface area (Å²) in [5, 5.41) is 1.03. The van der Waals surface area contributed by atoms with Crippen molar-refractivity contribution >= 4 is 16.8 Å². The zero-order valence-corrected chi connectivity index (χ0v) is 9.55. The van der Waals surface area contributed by atoms with Crippen molar-refractivity contribution in [1.82, 2.24) is 9.97 Å². The number of nitrogens with two attached hydrogens (primary N) is 1. The van der Waals surface area contributed by atoms with E-state index >= 15 is 0 Å². The highest BCUT2D eigenvalue weighted by molar-refractivity contribution is 6.03. The van der Waals surface area contributed by atoms with Crippen LogP contribution in [0.3, 0.4) is 0 Å². The van der Waals surface area contributed by atoms with Gasteiger partial charge in [0.15, 0.2) is 0 Å². The molecule has 0 spiro atoms. The van der Waals surface area contributed by atoms with Crippen molar-refractivity contribution in [1.29, 1.82) is 0 Å². The Morgan fingerprint density at radius 1 is 1.17 bits per heavy atom. The average molecular weight is 237 g/mol. The number of fused-ring (bicyclic) bond motifs is 1. The number of rotatable bonds is 2. The highest BCUT2D eigenvalue weighted by Gasteiger charge is 2.13. The molecule has 0 aliphatic rings. The van der Waals surface area contributed by atoms with Gasteiger partial charge >= 0.3 is 0 Å². The number of carbonyl (C=O) groups is 1. The second-order valence-corrected chi connectivity index (χ2v) is 4.01. The van der Waals surface area contributed by atoms with Gasteiger partial charge in [-0.2, -0.15) is 0 Å². The highest BCUT2D eigenvalue weighted by atomic mass is 16.1. The summed E-state index contributed by atoms with van der Waals surface area (Å²) in [7, 11) is 0. The molecule has 88 valence electrons. The van der Waals surface area contributed by atoms with E-state index in [2.05, 4.69) is 9.97 Å². The molecule has 3 aromatic rings. The summed E-state index contributed by atoms with van der Waals surface area (Å²) in [4.78, 5) is 18.9. The minimum atomic E-state index is -0.467. The van der Waals surface area contributed by atoms with Gasteiger partial charge in [-0.3, -0.25) is 9.78 Å². The summed E-state index contributed by atoms with van der Waals surface area (Å²) in [5.41, 5.74) is 8.36. The molecule has 0 radical (unpaired) electrons. The summed E-state index contributed by atoms with van der Waals surface area (Å²) < 4.78 is 0. The Morgan fingerprint density at radius 2 is 2.06 bits per heavy atom. The van der Waals surface area contributed by atoms with Crippen molar-refractivity contribution in [2.24, 2.45) is 5.73 Å². The van der Waals surface area contributed by atoms with E-state index in [0.29, 0.717) is 11.3 Å². The lowest BCUT2D eigenvalue weighted by molar-refractivity contribution is 0.100. The molecule has 2 aromatic heterocycles. The number of hydrogen-bond acceptors (Lipinski definition) is 2. The lowest BCUT2D eigenvalue weighted by Gasteiger charge is -2.06. The first-order valence-electron chi connectivity index (χ1n) is 5.58. The van der Waals surface area contributed by atoms with Gasteiger partial charge in [0, 0.05) is 28.9 Å². The molecule has 3 N–H and O–H groups in total. The van der Waals surface area contributed by atoms with Crippen LogP contribution in [0.2, 0.25) is 0 Å². The minimum absolute atomic E-state index is 0.436. The molecule has 2 heterocycles. The van der Waals surface area contributed by atoms with Crippen molar-refractivity contribution < 1.29 is 4.79 Å². The van der Waals surface area contributed by atoms with E-state index < -0.39 is 5.91 Å². The monoisotopic (exact) mass is 237 g/mol. The Kier molecular flexibility index (Phi) is 2.34. The molecule has 4 nitrogen and oxygen atoms in total.